The molecule has 4 aromatic rings. The highest BCUT2D eigenvalue weighted by atomic mass is 35.5. The molecule has 214 valence electrons. The molecular formula is C26H15ClF8N4O2. The summed E-state index contributed by atoms with van der Waals surface area (Å²) in [6.45, 7) is -0.313. The molecule has 1 aliphatic heterocycles. The Balaban J connectivity index is 1.95. The number of nitrogens with one attached hydrogen (secondary N) is 1. The number of hydrogen-bond donors (Lipinski definition) is 2. The van der Waals surface area contributed by atoms with Crippen LogP contribution in [0.15, 0.2) is 36.4 Å². The van der Waals surface area contributed by atoms with Crippen LogP contribution in [-0.2, 0) is 12.7 Å². The van der Waals surface area contributed by atoms with Gasteiger partial charge in [-0.05, 0) is 48.9 Å². The molecule has 2 amide bonds. The van der Waals surface area contributed by atoms with E-state index in [4.69, 9.17) is 17.3 Å². The Morgan fingerprint density at radius 3 is 2.37 bits per heavy atom. The van der Waals surface area contributed by atoms with Gasteiger partial charge in [0.1, 0.15) is 18.2 Å². The van der Waals surface area contributed by atoms with Gasteiger partial charge in [-0.1, -0.05) is 11.6 Å². The molecule has 3 N–H and O–H groups in total. The first-order valence-electron chi connectivity index (χ1n) is 11.6. The number of aryl methyl sites for hydroxylation is 1. The molecule has 1 unspecified atom stereocenters. The van der Waals surface area contributed by atoms with Gasteiger partial charge in [0, 0.05) is 27.1 Å². The first kappa shape index (κ1) is 28.3. The van der Waals surface area contributed by atoms with E-state index in [0.717, 1.165) is 24.3 Å². The third-order valence-electron chi connectivity index (χ3n) is 6.60. The van der Waals surface area contributed by atoms with Crippen LogP contribution in [0.1, 0.15) is 49.1 Å². The van der Waals surface area contributed by atoms with E-state index in [1.165, 1.54) is 6.92 Å². The number of nitrogens with two attached hydrogens (primary N) is 1. The molecule has 0 spiro atoms. The number of halogens is 9. The van der Waals surface area contributed by atoms with Gasteiger partial charge in [0.15, 0.2) is 0 Å². The van der Waals surface area contributed by atoms with Crippen LogP contribution in [0, 0.1) is 18.6 Å². The highest BCUT2D eigenvalue weighted by Crippen LogP contribution is 2.47. The number of carbonyl (C=O) groups is 2. The minimum Gasteiger partial charge on any atom is -0.366 e. The van der Waals surface area contributed by atoms with Gasteiger partial charge in [0.05, 0.1) is 33.9 Å². The highest BCUT2D eigenvalue weighted by Gasteiger charge is 2.40. The van der Waals surface area contributed by atoms with Gasteiger partial charge in [-0.3, -0.25) is 14.3 Å². The predicted octanol–water partition coefficient (Wildman–Crippen LogP) is 6.46. The Labute approximate surface area is 229 Å². The zero-order valence-electron chi connectivity index (χ0n) is 20.4. The summed E-state index contributed by atoms with van der Waals surface area (Å²) in [6.07, 6.45) is -9.88. The molecule has 41 heavy (non-hydrogen) atoms. The van der Waals surface area contributed by atoms with Crippen molar-refractivity contribution in [2.24, 2.45) is 5.73 Å². The molecule has 6 nitrogen and oxygen atoms in total. The van der Waals surface area contributed by atoms with Crippen molar-refractivity contribution >= 4 is 34.3 Å². The second kappa shape index (κ2) is 9.43. The van der Waals surface area contributed by atoms with Crippen LogP contribution in [0.4, 0.5) is 35.1 Å². The number of carbonyl (C=O) groups excluding carboxylic acids is 2. The fraction of sp³-hybridized carbons (Fsp3) is 0.192. The van der Waals surface area contributed by atoms with Gasteiger partial charge in [0.2, 0.25) is 5.91 Å². The smallest absolute Gasteiger partial charge is 0.366 e. The van der Waals surface area contributed by atoms with Gasteiger partial charge >= 0.3 is 12.4 Å². The zero-order chi connectivity index (χ0) is 30.2. The fourth-order valence-corrected chi connectivity index (χ4v) is 5.28. The van der Waals surface area contributed by atoms with Crippen LogP contribution in [0.5, 0.6) is 0 Å². The van der Waals surface area contributed by atoms with E-state index in [2.05, 4.69) is 10.4 Å². The second-order valence-corrected chi connectivity index (χ2v) is 9.69. The average Bonchev–Trinajstić information content (AvgIpc) is 3.34. The van der Waals surface area contributed by atoms with Crippen LogP contribution in [0.25, 0.3) is 22.0 Å². The molecule has 3 aromatic carbocycles. The fourth-order valence-electron chi connectivity index (χ4n) is 5.05. The summed E-state index contributed by atoms with van der Waals surface area (Å²) in [7, 11) is 0. The Morgan fingerprint density at radius 2 is 1.76 bits per heavy atom. The number of rotatable bonds is 4. The third kappa shape index (κ3) is 4.85. The lowest BCUT2D eigenvalue weighted by Gasteiger charge is -2.20. The summed E-state index contributed by atoms with van der Waals surface area (Å²) < 4.78 is 111. The molecule has 0 fully saturated rings. The van der Waals surface area contributed by atoms with Gasteiger partial charge in [-0.15, -0.1) is 0 Å². The summed E-state index contributed by atoms with van der Waals surface area (Å²) in [6, 6.07) is 3.13. The number of primary amides is 1. The number of alkyl halides is 6. The molecule has 5 rings (SSSR count). The first-order chi connectivity index (χ1) is 19.0. The van der Waals surface area contributed by atoms with Crippen LogP contribution >= 0.6 is 11.6 Å². The van der Waals surface area contributed by atoms with E-state index >= 15 is 4.39 Å². The van der Waals surface area contributed by atoms with Crippen molar-refractivity contribution in [1.29, 1.82) is 0 Å². The molecule has 1 atom stereocenters. The maximum Gasteiger partial charge on any atom is 0.416 e. The Bertz CT molecular complexity index is 1780. The monoisotopic (exact) mass is 602 g/mol. The lowest BCUT2D eigenvalue weighted by atomic mass is 9.85. The molecule has 0 bridgehead atoms. The minimum atomic E-state index is -5.09. The lowest BCUT2D eigenvalue weighted by Crippen LogP contribution is -2.21. The molecule has 0 radical (unpaired) electrons. The topological polar surface area (TPSA) is 90.0 Å². The van der Waals surface area contributed by atoms with E-state index < -0.39 is 70.6 Å². The Hall–Kier alpha value is -4.20. The average molecular weight is 603 g/mol. The number of hydrogen-bond acceptors (Lipinski definition) is 3. The van der Waals surface area contributed by atoms with E-state index in [-0.39, 0.29) is 44.4 Å². The number of benzene rings is 3. The quantitative estimate of drug-likeness (QED) is 0.263. The van der Waals surface area contributed by atoms with Gasteiger partial charge < -0.3 is 11.1 Å². The summed E-state index contributed by atoms with van der Waals surface area (Å²) >= 11 is 6.27. The standard InChI is InChI=1S/C26H15ClF8N4O2/c1-9-18-17(39(38-9)8-25(30,31)32)7-13(19-14(23(36)40)4-10(5-16(19)29)26(33,34)35)20-21(18)24(41)37-22(20)12-6-11(28)2-3-15(12)27/h2-7,22H,8H2,1H3,(H2,36,40)(H,37,41). The van der Waals surface area contributed by atoms with Crippen molar-refractivity contribution in [2.45, 2.75) is 31.9 Å². The molecule has 0 saturated heterocycles. The van der Waals surface area contributed by atoms with Crippen LogP contribution in [0.2, 0.25) is 5.02 Å². The third-order valence-corrected chi connectivity index (χ3v) is 6.94. The van der Waals surface area contributed by atoms with Gasteiger partial charge in [0.25, 0.3) is 5.91 Å². The van der Waals surface area contributed by atoms with Crippen molar-refractivity contribution < 1.29 is 44.7 Å². The lowest BCUT2D eigenvalue weighted by molar-refractivity contribution is -0.142. The maximum absolute atomic E-state index is 15.6. The normalized spacial score (nSPS) is 15.4. The maximum atomic E-state index is 15.6. The van der Waals surface area contributed by atoms with Crippen molar-refractivity contribution in [1.82, 2.24) is 15.1 Å². The predicted molar refractivity (Wildman–Crippen MR) is 130 cm³/mol. The Morgan fingerprint density at radius 1 is 1.07 bits per heavy atom. The van der Waals surface area contributed by atoms with Gasteiger partial charge in [-0.2, -0.15) is 31.4 Å². The van der Waals surface area contributed by atoms with E-state index in [1.54, 1.807) is 0 Å². The first-order valence-corrected chi connectivity index (χ1v) is 11.9. The van der Waals surface area contributed by atoms with E-state index in [9.17, 15) is 40.3 Å². The minimum absolute atomic E-state index is 0.0313. The number of fused-ring (bicyclic) bond motifs is 3. The van der Waals surface area contributed by atoms with Crippen molar-refractivity contribution in [2.75, 3.05) is 0 Å². The largest absolute Gasteiger partial charge is 0.416 e. The summed E-state index contributed by atoms with van der Waals surface area (Å²) in [5.74, 6) is -4.77. The highest BCUT2D eigenvalue weighted by molar-refractivity contribution is 6.31. The summed E-state index contributed by atoms with van der Waals surface area (Å²) in [5, 5.41) is 6.26. The molecule has 1 aromatic heterocycles. The number of aromatic nitrogens is 2. The van der Waals surface area contributed by atoms with Crippen LogP contribution in [0.3, 0.4) is 0 Å². The summed E-state index contributed by atoms with van der Waals surface area (Å²) in [4.78, 5) is 25.7. The van der Waals surface area contributed by atoms with Crippen LogP contribution in [-0.4, -0.2) is 27.8 Å². The SMILES string of the molecule is Cc1nn(CC(F)(F)F)c2cc(-c3c(F)cc(C(F)(F)F)cc3C(N)=O)c3c(c12)C(=O)NC3c1cc(F)ccc1Cl. The molecule has 0 aliphatic carbocycles. The number of nitrogens with zero attached hydrogens (tertiary/aromatic N) is 2. The molecule has 1 aliphatic rings. The number of amides is 2. The van der Waals surface area contributed by atoms with E-state index in [1.807, 2.05) is 0 Å². The van der Waals surface area contributed by atoms with Crippen molar-refractivity contribution in [3.8, 4) is 11.1 Å². The molecule has 2 heterocycles. The van der Waals surface area contributed by atoms with Crippen molar-refractivity contribution in [3.63, 3.8) is 0 Å². The van der Waals surface area contributed by atoms with Crippen molar-refractivity contribution in [3.05, 3.63) is 86.6 Å². The second-order valence-electron chi connectivity index (χ2n) is 9.28. The summed E-state index contributed by atoms with van der Waals surface area (Å²) in [5.41, 5.74) is 0.680. The molecular weight excluding hydrogens is 588 g/mol. The van der Waals surface area contributed by atoms with E-state index in [0.29, 0.717) is 10.7 Å². The zero-order valence-corrected chi connectivity index (χ0v) is 21.2. The van der Waals surface area contributed by atoms with Crippen LogP contribution < -0.4 is 11.1 Å². The Kier molecular flexibility index (Phi) is 6.52. The van der Waals surface area contributed by atoms with Gasteiger partial charge in [-0.25, -0.2) is 8.78 Å². The molecule has 15 heteroatoms. The molecule has 0 saturated carbocycles.